The second-order valence-corrected chi connectivity index (χ2v) is 6.93. The van der Waals surface area contributed by atoms with E-state index in [-0.39, 0.29) is 36.2 Å². The molecule has 0 saturated heterocycles. The van der Waals surface area contributed by atoms with Crippen LogP contribution < -0.4 is 15.8 Å². The van der Waals surface area contributed by atoms with E-state index in [9.17, 15) is 9.18 Å². The molecule has 0 bridgehead atoms. The molecule has 1 saturated carbocycles. The smallest absolute Gasteiger partial charge is 0.241 e. The van der Waals surface area contributed by atoms with E-state index >= 15 is 0 Å². The third-order valence-corrected chi connectivity index (χ3v) is 5.26. The zero-order valence-electron chi connectivity index (χ0n) is 15.4. The first kappa shape index (κ1) is 21.7. The highest BCUT2D eigenvalue weighted by molar-refractivity contribution is 5.89. The first-order valence-corrected chi connectivity index (χ1v) is 8.22. The minimum absolute atomic E-state index is 0. The first-order chi connectivity index (χ1) is 11.2. The Morgan fingerprint density at radius 2 is 2.12 bits per heavy atom. The predicted octanol–water partition coefficient (Wildman–Crippen LogP) is 2.97. The van der Waals surface area contributed by atoms with Crippen molar-refractivity contribution in [2.24, 2.45) is 11.1 Å². The Kier molecular flexibility index (Phi) is 6.84. The van der Waals surface area contributed by atoms with Crippen molar-refractivity contribution in [3.63, 3.8) is 0 Å². The van der Waals surface area contributed by atoms with Crippen LogP contribution in [-0.4, -0.2) is 31.3 Å². The molecule has 0 aliphatic heterocycles. The highest BCUT2D eigenvalue weighted by atomic mass is 35.5. The lowest BCUT2D eigenvalue weighted by molar-refractivity contribution is -0.171. The Hall–Kier alpha value is -1.37. The molecule has 5 nitrogen and oxygen atoms in total. The summed E-state index contributed by atoms with van der Waals surface area (Å²) in [5.74, 6) is -0.529. The number of carbonyl (C=O) groups is 1. The Labute approximate surface area is 154 Å². The summed E-state index contributed by atoms with van der Waals surface area (Å²) in [6.45, 7) is 8.19. The summed E-state index contributed by atoms with van der Waals surface area (Å²) in [4.78, 5) is 12.7. The molecular weight excluding hydrogens is 347 g/mol. The number of amides is 1. The van der Waals surface area contributed by atoms with E-state index in [1.807, 2.05) is 20.8 Å². The Balaban J connectivity index is 0.00000312. The van der Waals surface area contributed by atoms with E-state index in [0.717, 1.165) is 0 Å². The van der Waals surface area contributed by atoms with Crippen molar-refractivity contribution in [1.29, 1.82) is 0 Å². The van der Waals surface area contributed by atoms with Gasteiger partial charge >= 0.3 is 0 Å². The Bertz CT molecular complexity index is 626. The van der Waals surface area contributed by atoms with E-state index in [0.29, 0.717) is 18.6 Å². The van der Waals surface area contributed by atoms with E-state index in [2.05, 4.69) is 5.32 Å². The van der Waals surface area contributed by atoms with Crippen LogP contribution in [0, 0.1) is 11.2 Å². The summed E-state index contributed by atoms with van der Waals surface area (Å²) >= 11 is 0. The molecule has 1 fully saturated rings. The molecule has 0 radical (unpaired) electrons. The quantitative estimate of drug-likeness (QED) is 0.802. The van der Waals surface area contributed by atoms with Gasteiger partial charge in [0, 0.05) is 18.4 Å². The van der Waals surface area contributed by atoms with Gasteiger partial charge in [-0.2, -0.15) is 0 Å². The fourth-order valence-electron chi connectivity index (χ4n) is 3.18. The third-order valence-electron chi connectivity index (χ3n) is 5.26. The fraction of sp³-hybridized carbons (Fsp3) is 0.611. The first-order valence-electron chi connectivity index (χ1n) is 8.22. The van der Waals surface area contributed by atoms with Crippen LogP contribution in [0.3, 0.4) is 0 Å². The number of ether oxygens (including phenoxy) is 2. The molecule has 7 heteroatoms. The Morgan fingerprint density at radius 1 is 1.48 bits per heavy atom. The second kappa shape index (κ2) is 7.89. The highest BCUT2D eigenvalue weighted by Crippen LogP contribution is 2.50. The monoisotopic (exact) mass is 374 g/mol. The molecule has 2 rings (SSSR count). The fourth-order valence-corrected chi connectivity index (χ4v) is 3.18. The number of nitrogens with one attached hydrogen (secondary N) is 1. The van der Waals surface area contributed by atoms with Crippen molar-refractivity contribution in [2.45, 2.75) is 51.8 Å². The second-order valence-electron chi connectivity index (χ2n) is 6.93. The van der Waals surface area contributed by atoms with Gasteiger partial charge in [-0.25, -0.2) is 4.39 Å². The normalized spacial score (nSPS) is 25.3. The lowest BCUT2D eigenvalue weighted by atomic mass is 9.54. The number of carbonyl (C=O) groups excluding carboxylic acids is 1. The van der Waals surface area contributed by atoms with Crippen LogP contribution in [0.1, 0.15) is 45.7 Å². The summed E-state index contributed by atoms with van der Waals surface area (Å²) < 4.78 is 24.4. The standard InChI is InChI=1S/C18H27FN2O3.ClH/c1-6-24-15-10-18(20,17(15,3)4)16(22)21-11(2)12-7-8-14(23-5)13(19)9-12;/h7-9,11,15H,6,10,20H2,1-5H3,(H,21,22);1H. The van der Waals surface area contributed by atoms with Gasteiger partial charge in [-0.15, -0.1) is 12.4 Å². The van der Waals surface area contributed by atoms with Crippen LogP contribution in [0.4, 0.5) is 4.39 Å². The van der Waals surface area contributed by atoms with Crippen molar-refractivity contribution in [3.8, 4) is 5.75 Å². The van der Waals surface area contributed by atoms with Crippen LogP contribution in [0.5, 0.6) is 5.75 Å². The van der Waals surface area contributed by atoms with Crippen molar-refractivity contribution < 1.29 is 18.7 Å². The van der Waals surface area contributed by atoms with Gasteiger partial charge in [0.15, 0.2) is 11.6 Å². The van der Waals surface area contributed by atoms with Crippen molar-refractivity contribution in [2.75, 3.05) is 13.7 Å². The maximum atomic E-state index is 13.8. The maximum Gasteiger partial charge on any atom is 0.241 e. The van der Waals surface area contributed by atoms with Crippen LogP contribution in [0.2, 0.25) is 0 Å². The average Bonchev–Trinajstić information content (AvgIpc) is 2.54. The lowest BCUT2D eigenvalue weighted by Gasteiger charge is -2.57. The molecule has 1 amide bonds. The predicted molar refractivity (Wildman–Crippen MR) is 97.5 cm³/mol. The molecule has 1 aromatic carbocycles. The van der Waals surface area contributed by atoms with Gasteiger partial charge in [-0.05, 0) is 31.5 Å². The van der Waals surface area contributed by atoms with Crippen molar-refractivity contribution in [3.05, 3.63) is 29.6 Å². The van der Waals surface area contributed by atoms with E-state index in [4.69, 9.17) is 15.2 Å². The number of hydrogen-bond donors (Lipinski definition) is 2. The van der Waals surface area contributed by atoms with Gasteiger partial charge in [0.05, 0.1) is 19.3 Å². The van der Waals surface area contributed by atoms with Crippen LogP contribution in [-0.2, 0) is 9.53 Å². The molecule has 3 unspecified atom stereocenters. The molecule has 1 aromatic rings. The maximum absolute atomic E-state index is 13.8. The summed E-state index contributed by atoms with van der Waals surface area (Å²) in [5.41, 5.74) is 5.56. The molecule has 0 spiro atoms. The molecule has 1 aliphatic carbocycles. The summed E-state index contributed by atoms with van der Waals surface area (Å²) in [6.07, 6.45) is 0.440. The van der Waals surface area contributed by atoms with Crippen molar-refractivity contribution in [1.82, 2.24) is 5.32 Å². The van der Waals surface area contributed by atoms with E-state index in [1.54, 1.807) is 19.1 Å². The van der Waals surface area contributed by atoms with Gasteiger partial charge in [0.25, 0.3) is 0 Å². The minimum Gasteiger partial charge on any atom is -0.494 e. The lowest BCUT2D eigenvalue weighted by Crippen LogP contribution is -2.75. The molecule has 0 heterocycles. The van der Waals surface area contributed by atoms with Crippen LogP contribution in [0.25, 0.3) is 0 Å². The topological polar surface area (TPSA) is 73.6 Å². The molecular formula is C18H28ClFN2O3. The van der Waals surface area contributed by atoms with Gasteiger partial charge in [-0.1, -0.05) is 19.9 Å². The number of nitrogens with two attached hydrogens (primary N) is 1. The number of hydrogen-bond acceptors (Lipinski definition) is 4. The number of rotatable bonds is 6. The summed E-state index contributed by atoms with van der Waals surface area (Å²) in [6, 6.07) is 4.27. The summed E-state index contributed by atoms with van der Waals surface area (Å²) in [5, 5.41) is 2.89. The van der Waals surface area contributed by atoms with Crippen molar-refractivity contribution >= 4 is 18.3 Å². The van der Waals surface area contributed by atoms with Gasteiger partial charge in [-0.3, -0.25) is 4.79 Å². The Morgan fingerprint density at radius 3 is 2.60 bits per heavy atom. The average molecular weight is 375 g/mol. The molecule has 25 heavy (non-hydrogen) atoms. The molecule has 3 N–H and O–H groups in total. The largest absolute Gasteiger partial charge is 0.494 e. The van der Waals surface area contributed by atoms with Gasteiger partial charge in [0.2, 0.25) is 5.91 Å². The van der Waals surface area contributed by atoms with Crippen LogP contribution in [0.15, 0.2) is 18.2 Å². The van der Waals surface area contributed by atoms with Gasteiger partial charge < -0.3 is 20.5 Å². The SMILES string of the molecule is CCOC1CC(N)(C(=O)NC(C)c2ccc(OC)c(F)c2)C1(C)C.Cl. The number of benzene rings is 1. The zero-order valence-corrected chi connectivity index (χ0v) is 16.2. The van der Waals surface area contributed by atoms with E-state index in [1.165, 1.54) is 13.2 Å². The highest BCUT2D eigenvalue weighted by Gasteiger charge is 2.62. The number of halogens is 2. The van der Waals surface area contributed by atoms with E-state index < -0.39 is 16.8 Å². The minimum atomic E-state index is -0.994. The van der Waals surface area contributed by atoms with Crippen LogP contribution >= 0.6 is 12.4 Å². The molecule has 1 aliphatic rings. The summed E-state index contributed by atoms with van der Waals surface area (Å²) in [7, 11) is 1.41. The van der Waals surface area contributed by atoms with Gasteiger partial charge in [0.1, 0.15) is 5.54 Å². The molecule has 0 aromatic heterocycles. The zero-order chi connectivity index (χ0) is 18.1. The third kappa shape index (κ3) is 3.76. The molecule has 3 atom stereocenters. The number of methoxy groups -OCH3 is 1. The molecule has 142 valence electrons.